The molecule has 23 heavy (non-hydrogen) atoms. The number of hydrogen-bond donors (Lipinski definition) is 0. The molecule has 7 heteroatoms. The second kappa shape index (κ2) is 6.43. The predicted molar refractivity (Wildman–Crippen MR) is 81.8 cm³/mol. The van der Waals surface area contributed by atoms with Crippen molar-refractivity contribution in [2.45, 2.75) is 19.9 Å². The Morgan fingerprint density at radius 2 is 2.00 bits per heavy atom. The smallest absolute Gasteiger partial charge is 0.373 e. The number of rotatable bonds is 5. The number of carbonyl (C=O) groups is 1. The van der Waals surface area contributed by atoms with Crippen LogP contribution in [-0.4, -0.2) is 33.3 Å². The first-order valence-electron chi connectivity index (χ1n) is 7.23. The van der Waals surface area contributed by atoms with Crippen LogP contribution in [0.15, 0.2) is 40.8 Å². The van der Waals surface area contributed by atoms with Crippen LogP contribution in [0.4, 0.5) is 0 Å². The largest absolute Gasteiger partial charge is 0.463 e. The minimum Gasteiger partial charge on any atom is -0.463 e. The van der Waals surface area contributed by atoms with E-state index in [1.54, 1.807) is 12.1 Å². The molecule has 0 spiro atoms. The molecule has 0 saturated heterocycles. The zero-order valence-corrected chi connectivity index (χ0v) is 12.9. The number of aryl methyl sites for hydroxylation is 1. The van der Waals surface area contributed by atoms with Gasteiger partial charge in [-0.3, -0.25) is 0 Å². The first-order valence-corrected chi connectivity index (χ1v) is 7.23. The van der Waals surface area contributed by atoms with Crippen molar-refractivity contribution in [3.05, 3.63) is 53.5 Å². The van der Waals surface area contributed by atoms with Crippen LogP contribution in [0.3, 0.4) is 0 Å². The molecule has 0 amide bonds. The van der Waals surface area contributed by atoms with Crippen molar-refractivity contribution in [1.29, 1.82) is 0 Å². The van der Waals surface area contributed by atoms with Gasteiger partial charge in [-0.15, -0.1) is 10.2 Å². The van der Waals surface area contributed by atoms with Gasteiger partial charge in [-0.1, -0.05) is 31.2 Å². The second-order valence-corrected chi connectivity index (χ2v) is 4.95. The van der Waals surface area contributed by atoms with Crippen molar-refractivity contribution in [3.8, 4) is 11.4 Å². The fourth-order valence-electron chi connectivity index (χ4n) is 2.13. The van der Waals surface area contributed by atoms with E-state index in [0.29, 0.717) is 11.6 Å². The number of aromatic nitrogens is 4. The molecule has 0 fully saturated rings. The van der Waals surface area contributed by atoms with Gasteiger partial charge >= 0.3 is 5.97 Å². The Hall–Kier alpha value is -2.96. The predicted octanol–water partition coefficient (Wildman–Crippen LogP) is 2.33. The first kappa shape index (κ1) is 15.0. The Kier molecular flexibility index (Phi) is 4.18. The van der Waals surface area contributed by atoms with Crippen molar-refractivity contribution < 1.29 is 13.9 Å². The third-order valence-corrected chi connectivity index (χ3v) is 3.42. The molecule has 3 aromatic rings. The van der Waals surface area contributed by atoms with Crippen LogP contribution in [0, 0.1) is 0 Å². The van der Waals surface area contributed by atoms with Crippen LogP contribution < -0.4 is 0 Å². The molecule has 0 radical (unpaired) electrons. The lowest BCUT2D eigenvalue weighted by molar-refractivity contribution is 0.0562. The molecular formula is C16H16N4O3. The van der Waals surface area contributed by atoms with E-state index in [0.717, 1.165) is 12.0 Å². The quantitative estimate of drug-likeness (QED) is 0.672. The number of hydrogen-bond acceptors (Lipinski definition) is 6. The first-order chi connectivity index (χ1) is 11.2. The summed E-state index contributed by atoms with van der Waals surface area (Å²) in [5, 5.41) is 12.4. The van der Waals surface area contributed by atoms with E-state index in [-0.39, 0.29) is 12.3 Å². The van der Waals surface area contributed by atoms with Gasteiger partial charge in [0.25, 0.3) is 0 Å². The SMILES string of the molecule is CCc1ccc(-c2nnn(Cc3ccc(C(=O)OC)o3)n2)cc1. The molecule has 0 bridgehead atoms. The van der Waals surface area contributed by atoms with E-state index in [9.17, 15) is 4.79 Å². The molecule has 0 unspecified atom stereocenters. The van der Waals surface area contributed by atoms with Gasteiger partial charge in [-0.2, -0.15) is 4.80 Å². The maximum absolute atomic E-state index is 11.4. The van der Waals surface area contributed by atoms with Gasteiger partial charge in [-0.25, -0.2) is 4.79 Å². The van der Waals surface area contributed by atoms with Crippen LogP contribution >= 0.6 is 0 Å². The van der Waals surface area contributed by atoms with Crippen molar-refractivity contribution in [1.82, 2.24) is 20.2 Å². The molecule has 2 aromatic heterocycles. The van der Waals surface area contributed by atoms with Crippen molar-refractivity contribution in [2.24, 2.45) is 0 Å². The average Bonchev–Trinajstić information content (AvgIpc) is 3.24. The van der Waals surface area contributed by atoms with E-state index in [1.807, 2.05) is 24.3 Å². The Morgan fingerprint density at radius 3 is 2.70 bits per heavy atom. The minimum absolute atomic E-state index is 0.151. The number of nitrogens with zero attached hydrogens (tertiary/aromatic N) is 4. The summed E-state index contributed by atoms with van der Waals surface area (Å²) in [7, 11) is 1.31. The number of tetrazole rings is 1. The van der Waals surface area contributed by atoms with Crippen molar-refractivity contribution in [2.75, 3.05) is 7.11 Å². The highest BCUT2D eigenvalue weighted by Gasteiger charge is 2.13. The van der Waals surface area contributed by atoms with E-state index in [4.69, 9.17) is 4.42 Å². The molecule has 0 N–H and O–H groups in total. The van der Waals surface area contributed by atoms with Gasteiger partial charge < -0.3 is 9.15 Å². The Balaban J connectivity index is 1.73. The van der Waals surface area contributed by atoms with Gasteiger partial charge in [-0.05, 0) is 29.3 Å². The zero-order valence-electron chi connectivity index (χ0n) is 12.9. The van der Waals surface area contributed by atoms with Crippen LogP contribution in [0.1, 0.15) is 28.8 Å². The summed E-state index contributed by atoms with van der Waals surface area (Å²) in [4.78, 5) is 12.8. The van der Waals surface area contributed by atoms with Gasteiger partial charge in [0.15, 0.2) is 0 Å². The average molecular weight is 312 g/mol. The molecule has 0 aliphatic carbocycles. The second-order valence-electron chi connectivity index (χ2n) is 4.95. The molecule has 7 nitrogen and oxygen atoms in total. The maximum atomic E-state index is 11.4. The normalized spacial score (nSPS) is 10.7. The third-order valence-electron chi connectivity index (χ3n) is 3.42. The highest BCUT2D eigenvalue weighted by Crippen LogP contribution is 2.15. The molecule has 118 valence electrons. The molecule has 3 rings (SSSR count). The molecule has 0 aliphatic rings. The molecule has 2 heterocycles. The van der Waals surface area contributed by atoms with E-state index >= 15 is 0 Å². The number of ether oxygens (including phenoxy) is 1. The van der Waals surface area contributed by atoms with Crippen LogP contribution in [-0.2, 0) is 17.7 Å². The van der Waals surface area contributed by atoms with Crippen LogP contribution in [0.5, 0.6) is 0 Å². The molecule has 1 aromatic carbocycles. The number of esters is 1. The van der Waals surface area contributed by atoms with Gasteiger partial charge in [0.1, 0.15) is 12.3 Å². The highest BCUT2D eigenvalue weighted by molar-refractivity contribution is 5.86. The summed E-state index contributed by atoms with van der Waals surface area (Å²) in [6.45, 7) is 2.40. The standard InChI is InChI=1S/C16H16N4O3/c1-3-11-4-6-12(7-5-11)15-17-19-20(18-15)10-13-8-9-14(23-13)16(21)22-2/h4-9H,3,10H2,1-2H3. The fraction of sp³-hybridized carbons (Fsp3) is 0.250. The lowest BCUT2D eigenvalue weighted by Crippen LogP contribution is -2.03. The molecule has 0 atom stereocenters. The molecular weight excluding hydrogens is 296 g/mol. The Bertz CT molecular complexity index is 805. The summed E-state index contributed by atoms with van der Waals surface area (Å²) < 4.78 is 9.98. The van der Waals surface area contributed by atoms with Crippen LogP contribution in [0.25, 0.3) is 11.4 Å². The Morgan fingerprint density at radius 1 is 1.22 bits per heavy atom. The monoisotopic (exact) mass is 312 g/mol. The number of carbonyl (C=O) groups excluding carboxylic acids is 1. The number of furan rings is 1. The molecule has 0 saturated carbocycles. The van der Waals surface area contributed by atoms with E-state index in [2.05, 4.69) is 27.1 Å². The van der Waals surface area contributed by atoms with Crippen molar-refractivity contribution >= 4 is 5.97 Å². The Labute approximate surface area is 132 Å². The zero-order chi connectivity index (χ0) is 16.2. The summed E-state index contributed by atoms with van der Waals surface area (Å²) in [5.74, 6) is 0.737. The number of benzene rings is 1. The van der Waals surface area contributed by atoms with Gasteiger partial charge in [0, 0.05) is 5.56 Å². The number of methoxy groups -OCH3 is 1. The van der Waals surface area contributed by atoms with Crippen LogP contribution in [0.2, 0.25) is 0 Å². The van der Waals surface area contributed by atoms with E-state index in [1.165, 1.54) is 17.5 Å². The van der Waals surface area contributed by atoms with Gasteiger partial charge in [0.05, 0.1) is 7.11 Å². The lowest BCUT2D eigenvalue weighted by atomic mass is 10.1. The lowest BCUT2D eigenvalue weighted by Gasteiger charge is -1.98. The molecule has 0 aliphatic heterocycles. The third kappa shape index (κ3) is 3.28. The summed E-state index contributed by atoms with van der Waals surface area (Å²) in [6, 6.07) is 11.3. The fourth-order valence-corrected chi connectivity index (χ4v) is 2.13. The van der Waals surface area contributed by atoms with Crippen molar-refractivity contribution in [3.63, 3.8) is 0 Å². The minimum atomic E-state index is -0.514. The summed E-state index contributed by atoms with van der Waals surface area (Å²) >= 11 is 0. The van der Waals surface area contributed by atoms with E-state index < -0.39 is 5.97 Å². The summed E-state index contributed by atoms with van der Waals surface area (Å²) in [6.07, 6.45) is 0.988. The maximum Gasteiger partial charge on any atom is 0.373 e. The summed E-state index contributed by atoms with van der Waals surface area (Å²) in [5.41, 5.74) is 2.16. The topological polar surface area (TPSA) is 83.0 Å². The highest BCUT2D eigenvalue weighted by atomic mass is 16.5. The van der Waals surface area contributed by atoms with Gasteiger partial charge in [0.2, 0.25) is 11.6 Å².